The van der Waals surface area contributed by atoms with Gasteiger partial charge in [0.1, 0.15) is 5.01 Å². The van der Waals surface area contributed by atoms with Gasteiger partial charge in [0.15, 0.2) is 0 Å². The number of piperidine rings is 1. The molecule has 1 N–H and O–H groups in total. The molecule has 4 nitrogen and oxygen atoms in total. The molecule has 1 amide bonds. The van der Waals surface area contributed by atoms with Crippen molar-refractivity contribution >= 4 is 44.5 Å². The van der Waals surface area contributed by atoms with Crippen LogP contribution in [0.1, 0.15) is 38.3 Å². The van der Waals surface area contributed by atoms with Crippen molar-refractivity contribution in [1.29, 1.82) is 0 Å². The average molecular weight is 442 g/mol. The molecule has 2 aromatic rings. The Morgan fingerprint density at radius 1 is 1.36 bits per heavy atom. The first kappa shape index (κ1) is 19.0. The number of unbranched alkanes of at least 4 members (excludes halogenated alkanes) is 1. The number of carbonyl (C=O) groups excluding carboxylic acids is 1. The third-order valence-corrected chi connectivity index (χ3v) is 7.20. The second-order valence-corrected chi connectivity index (χ2v) is 9.17. The Labute approximate surface area is 165 Å². The van der Waals surface area contributed by atoms with E-state index in [1.807, 2.05) is 5.38 Å². The predicted molar refractivity (Wildman–Crippen MR) is 109 cm³/mol. The number of aromatic nitrogens is 1. The minimum Gasteiger partial charge on any atom is -0.353 e. The molecule has 1 aliphatic heterocycles. The summed E-state index contributed by atoms with van der Waals surface area (Å²) >= 11 is 6.74. The number of hydrogen-bond donors (Lipinski definition) is 1. The fourth-order valence-electron chi connectivity index (χ4n) is 3.05. The number of carbonyl (C=O) groups is 1. The molecule has 0 unspecified atom stereocenters. The van der Waals surface area contributed by atoms with Gasteiger partial charge in [-0.1, -0.05) is 13.3 Å². The van der Waals surface area contributed by atoms with Gasteiger partial charge in [0, 0.05) is 34.4 Å². The van der Waals surface area contributed by atoms with Crippen LogP contribution in [0.4, 0.5) is 0 Å². The molecule has 0 saturated carbocycles. The van der Waals surface area contributed by atoms with E-state index in [1.165, 1.54) is 19.4 Å². The molecule has 0 aromatic carbocycles. The van der Waals surface area contributed by atoms with Gasteiger partial charge < -0.3 is 10.2 Å². The summed E-state index contributed by atoms with van der Waals surface area (Å²) in [6.45, 7) is 5.61. The first-order chi connectivity index (χ1) is 12.1. The quantitative estimate of drug-likeness (QED) is 0.684. The maximum atomic E-state index is 12.3. The van der Waals surface area contributed by atoms with E-state index in [9.17, 15) is 4.79 Å². The molecule has 1 aliphatic rings. The summed E-state index contributed by atoms with van der Waals surface area (Å²) in [5.74, 6) is 0.0937. The van der Waals surface area contributed by atoms with Gasteiger partial charge in [-0.25, -0.2) is 4.98 Å². The van der Waals surface area contributed by atoms with Crippen molar-refractivity contribution in [3.8, 4) is 9.88 Å². The number of hydrogen-bond acceptors (Lipinski definition) is 5. The summed E-state index contributed by atoms with van der Waals surface area (Å²) < 4.78 is 1.08. The minimum atomic E-state index is 0.0937. The van der Waals surface area contributed by atoms with Crippen LogP contribution in [0.15, 0.2) is 21.3 Å². The average Bonchev–Trinajstić information content (AvgIpc) is 3.23. The fraction of sp³-hybridized carbons (Fsp3) is 0.556. The normalized spacial score (nSPS) is 16.2. The monoisotopic (exact) mass is 441 g/mol. The summed E-state index contributed by atoms with van der Waals surface area (Å²) in [5.41, 5.74) is 0.863. The number of nitrogens with one attached hydrogen (secondary N) is 1. The Kier molecular flexibility index (Phi) is 7.04. The van der Waals surface area contributed by atoms with Gasteiger partial charge >= 0.3 is 0 Å². The van der Waals surface area contributed by atoms with E-state index in [0.29, 0.717) is 12.5 Å². The summed E-state index contributed by atoms with van der Waals surface area (Å²) in [5, 5.41) is 8.23. The van der Waals surface area contributed by atoms with E-state index < -0.39 is 0 Å². The minimum absolute atomic E-state index is 0.0937. The Bertz CT molecular complexity index is 692. The lowest BCUT2D eigenvalue weighted by Gasteiger charge is -2.32. The molecule has 7 heteroatoms. The first-order valence-corrected chi connectivity index (χ1v) is 11.4. The third kappa shape index (κ3) is 5.61. The molecule has 0 atom stereocenters. The van der Waals surface area contributed by atoms with Gasteiger partial charge in [-0.15, -0.1) is 22.7 Å². The van der Waals surface area contributed by atoms with Crippen molar-refractivity contribution < 1.29 is 4.79 Å². The summed E-state index contributed by atoms with van der Waals surface area (Å²) in [6, 6.07) is 2.39. The predicted octanol–water partition coefficient (Wildman–Crippen LogP) is 4.56. The van der Waals surface area contributed by atoms with E-state index in [2.05, 4.69) is 49.5 Å². The van der Waals surface area contributed by atoms with Crippen LogP contribution in [0.3, 0.4) is 0 Å². The van der Waals surface area contributed by atoms with E-state index in [-0.39, 0.29) is 5.91 Å². The Hall–Kier alpha value is -0.760. The molecule has 0 spiro atoms. The fourth-order valence-corrected chi connectivity index (χ4v) is 5.38. The van der Waals surface area contributed by atoms with Crippen molar-refractivity contribution in [2.75, 3.05) is 19.6 Å². The molecule has 0 aliphatic carbocycles. The molecule has 2 aromatic heterocycles. The van der Waals surface area contributed by atoms with Crippen molar-refractivity contribution in [3.63, 3.8) is 0 Å². The second-order valence-electron chi connectivity index (χ2n) is 6.49. The highest BCUT2D eigenvalue weighted by Crippen LogP contribution is 2.32. The van der Waals surface area contributed by atoms with Gasteiger partial charge in [0.05, 0.1) is 17.0 Å². The molecule has 3 heterocycles. The summed E-state index contributed by atoms with van der Waals surface area (Å²) in [6.07, 6.45) is 5.00. The summed E-state index contributed by atoms with van der Waals surface area (Å²) in [7, 11) is 0. The zero-order chi connectivity index (χ0) is 17.6. The molecule has 1 saturated heterocycles. The van der Waals surface area contributed by atoms with Crippen LogP contribution in [-0.2, 0) is 11.2 Å². The standard InChI is InChI=1S/C18H24BrN3OS2/c1-2-3-6-22-7-4-14(5-8-22)20-17(23)10-15-12-25-18(21-15)16-9-13(19)11-24-16/h9,11-12,14H,2-8,10H2,1H3,(H,20,23). The Balaban J connectivity index is 1.45. The Morgan fingerprint density at radius 2 is 2.16 bits per heavy atom. The van der Waals surface area contributed by atoms with Gasteiger partial charge in [-0.3, -0.25) is 4.79 Å². The first-order valence-electron chi connectivity index (χ1n) is 8.84. The second kappa shape index (κ2) is 9.26. The number of halogens is 1. The maximum absolute atomic E-state index is 12.3. The maximum Gasteiger partial charge on any atom is 0.226 e. The molecule has 0 bridgehead atoms. The van der Waals surface area contributed by atoms with Crippen LogP contribution in [0.25, 0.3) is 9.88 Å². The lowest BCUT2D eigenvalue weighted by Crippen LogP contribution is -2.45. The van der Waals surface area contributed by atoms with Crippen LogP contribution in [0.2, 0.25) is 0 Å². The van der Waals surface area contributed by atoms with Crippen LogP contribution in [0, 0.1) is 0 Å². The van der Waals surface area contributed by atoms with E-state index >= 15 is 0 Å². The number of thiophene rings is 1. The highest BCUT2D eigenvalue weighted by molar-refractivity contribution is 9.10. The third-order valence-electron chi connectivity index (χ3n) is 4.45. The molecular weight excluding hydrogens is 418 g/mol. The topological polar surface area (TPSA) is 45.2 Å². The summed E-state index contributed by atoms with van der Waals surface area (Å²) in [4.78, 5) is 20.6. The molecule has 136 valence electrons. The molecule has 1 fully saturated rings. The van der Waals surface area contributed by atoms with Gasteiger partial charge in [0.2, 0.25) is 5.91 Å². The molecule has 25 heavy (non-hydrogen) atoms. The van der Waals surface area contributed by atoms with Gasteiger partial charge in [0.25, 0.3) is 0 Å². The molecule has 3 rings (SSSR count). The van der Waals surface area contributed by atoms with Gasteiger partial charge in [-0.2, -0.15) is 0 Å². The molecule has 0 radical (unpaired) electrons. The molecular formula is C18H24BrN3OS2. The Morgan fingerprint density at radius 3 is 2.84 bits per heavy atom. The highest BCUT2D eigenvalue weighted by Gasteiger charge is 2.20. The van der Waals surface area contributed by atoms with Crippen LogP contribution < -0.4 is 5.32 Å². The van der Waals surface area contributed by atoms with Crippen molar-refractivity contribution in [1.82, 2.24) is 15.2 Å². The number of rotatable bonds is 7. The van der Waals surface area contributed by atoms with Gasteiger partial charge in [-0.05, 0) is 47.8 Å². The van der Waals surface area contributed by atoms with E-state index in [1.54, 1.807) is 22.7 Å². The lowest BCUT2D eigenvalue weighted by molar-refractivity contribution is -0.121. The lowest BCUT2D eigenvalue weighted by atomic mass is 10.0. The van der Waals surface area contributed by atoms with Crippen molar-refractivity contribution in [3.05, 3.63) is 27.0 Å². The zero-order valence-corrected chi connectivity index (χ0v) is 17.7. The number of amides is 1. The number of thiazole rings is 1. The highest BCUT2D eigenvalue weighted by atomic mass is 79.9. The number of likely N-dealkylation sites (tertiary alicyclic amines) is 1. The smallest absolute Gasteiger partial charge is 0.226 e. The van der Waals surface area contributed by atoms with Crippen molar-refractivity contribution in [2.45, 2.75) is 45.1 Å². The van der Waals surface area contributed by atoms with Crippen LogP contribution in [-0.4, -0.2) is 41.5 Å². The van der Waals surface area contributed by atoms with E-state index in [4.69, 9.17) is 0 Å². The number of nitrogens with zero attached hydrogens (tertiary/aromatic N) is 2. The largest absolute Gasteiger partial charge is 0.353 e. The zero-order valence-electron chi connectivity index (χ0n) is 14.5. The van der Waals surface area contributed by atoms with Crippen LogP contribution >= 0.6 is 38.6 Å². The SMILES string of the molecule is CCCCN1CCC(NC(=O)Cc2csc(-c3cc(Br)cs3)n2)CC1. The van der Waals surface area contributed by atoms with Crippen LogP contribution in [0.5, 0.6) is 0 Å². The van der Waals surface area contributed by atoms with E-state index in [0.717, 1.165) is 46.0 Å². The van der Waals surface area contributed by atoms with Crippen molar-refractivity contribution in [2.24, 2.45) is 0 Å².